The Bertz CT molecular complexity index is 755. The van der Waals surface area contributed by atoms with Gasteiger partial charge in [0.1, 0.15) is 11.4 Å². The maximum atomic E-state index is 12.5. The van der Waals surface area contributed by atoms with Gasteiger partial charge in [-0.05, 0) is 38.4 Å². The number of fused-ring (bicyclic) bond motifs is 1. The number of rotatable bonds is 2. The van der Waals surface area contributed by atoms with Gasteiger partial charge in [0.15, 0.2) is 5.78 Å². The van der Waals surface area contributed by atoms with Crippen LogP contribution in [-0.4, -0.2) is 39.3 Å². The molecule has 1 aromatic heterocycles. The number of Topliss-reactive ketones (excluding diaryl/α,β-unsaturated/α-hetero) is 1. The van der Waals surface area contributed by atoms with Crippen LogP contribution < -0.4 is 4.74 Å². The summed E-state index contributed by atoms with van der Waals surface area (Å²) in [6.07, 6.45) is 5.11. The van der Waals surface area contributed by atoms with Crippen molar-refractivity contribution in [1.82, 2.24) is 14.9 Å². The lowest BCUT2D eigenvalue weighted by Crippen LogP contribution is -2.42. The van der Waals surface area contributed by atoms with Crippen LogP contribution in [0, 0.1) is 6.92 Å². The molecule has 0 aliphatic carbocycles. The Kier molecular flexibility index (Phi) is 3.88. The summed E-state index contributed by atoms with van der Waals surface area (Å²) < 4.78 is 6.35. The number of likely N-dealkylation sites (tertiary alicyclic amines) is 1. The van der Waals surface area contributed by atoms with Crippen LogP contribution >= 0.6 is 0 Å². The Hall–Kier alpha value is -2.14. The summed E-state index contributed by atoms with van der Waals surface area (Å²) in [4.78, 5) is 22.5. The third-order valence-electron chi connectivity index (χ3n) is 5.29. The van der Waals surface area contributed by atoms with Crippen LogP contribution in [-0.2, 0) is 6.54 Å². The van der Waals surface area contributed by atoms with Crippen molar-refractivity contribution in [2.24, 2.45) is 0 Å². The molecule has 0 bridgehead atoms. The van der Waals surface area contributed by atoms with Crippen molar-refractivity contribution in [2.75, 3.05) is 13.1 Å². The van der Waals surface area contributed by atoms with Gasteiger partial charge >= 0.3 is 0 Å². The third kappa shape index (κ3) is 2.84. The first-order chi connectivity index (χ1) is 11.7. The van der Waals surface area contributed by atoms with Crippen LogP contribution in [0.5, 0.6) is 5.75 Å². The fourth-order valence-electron chi connectivity index (χ4n) is 3.86. The number of aromatic nitrogens is 2. The van der Waals surface area contributed by atoms with Gasteiger partial charge in [-0.3, -0.25) is 9.69 Å². The van der Waals surface area contributed by atoms with Crippen LogP contribution in [0.2, 0.25) is 0 Å². The number of aryl methyl sites for hydroxylation is 1. The summed E-state index contributed by atoms with van der Waals surface area (Å²) in [5.74, 6) is 0.971. The fourth-order valence-corrected chi connectivity index (χ4v) is 3.86. The van der Waals surface area contributed by atoms with Crippen molar-refractivity contribution in [3.05, 3.63) is 47.5 Å². The van der Waals surface area contributed by atoms with E-state index in [0.717, 1.165) is 61.6 Å². The van der Waals surface area contributed by atoms with Crippen LogP contribution in [0.4, 0.5) is 0 Å². The van der Waals surface area contributed by atoms with Crippen LogP contribution in [0.1, 0.15) is 47.4 Å². The predicted molar refractivity (Wildman–Crippen MR) is 91.2 cm³/mol. The molecule has 4 rings (SSSR count). The molecule has 24 heavy (non-hydrogen) atoms. The Morgan fingerprint density at radius 2 is 2.17 bits per heavy atom. The number of benzene rings is 1. The summed E-state index contributed by atoms with van der Waals surface area (Å²) >= 11 is 0. The van der Waals surface area contributed by atoms with Gasteiger partial charge in [0.05, 0.1) is 24.0 Å². The Labute approximate surface area is 142 Å². The number of ether oxygens (including phenoxy) is 1. The van der Waals surface area contributed by atoms with E-state index in [-0.39, 0.29) is 11.4 Å². The van der Waals surface area contributed by atoms with E-state index in [0.29, 0.717) is 6.42 Å². The average Bonchev–Trinajstić information content (AvgIpc) is 2.87. The molecule has 0 amide bonds. The minimum absolute atomic E-state index is 0.216. The molecular formula is C19H23N3O2. The summed E-state index contributed by atoms with van der Waals surface area (Å²) in [5, 5.41) is 0. The van der Waals surface area contributed by atoms with Crippen molar-refractivity contribution in [3.8, 4) is 5.75 Å². The molecule has 1 unspecified atom stereocenters. The zero-order valence-corrected chi connectivity index (χ0v) is 14.0. The van der Waals surface area contributed by atoms with E-state index in [1.165, 1.54) is 0 Å². The predicted octanol–water partition coefficient (Wildman–Crippen LogP) is 3.11. The van der Waals surface area contributed by atoms with Crippen molar-refractivity contribution >= 4 is 5.78 Å². The van der Waals surface area contributed by atoms with Gasteiger partial charge in [-0.15, -0.1) is 0 Å². The van der Waals surface area contributed by atoms with Crippen LogP contribution in [0.3, 0.4) is 0 Å². The third-order valence-corrected chi connectivity index (χ3v) is 5.29. The number of nitrogens with zero attached hydrogens (tertiary/aromatic N) is 2. The summed E-state index contributed by atoms with van der Waals surface area (Å²) in [6.45, 7) is 4.87. The summed E-state index contributed by atoms with van der Waals surface area (Å²) in [7, 11) is 0. The Balaban J connectivity index is 1.49. The number of carbonyl (C=O) groups excluding carboxylic acids is 1. The smallest absolute Gasteiger partial charge is 0.170 e. The van der Waals surface area contributed by atoms with E-state index in [1.807, 2.05) is 24.3 Å². The first kappa shape index (κ1) is 15.4. The molecule has 1 atom stereocenters. The van der Waals surface area contributed by atoms with Gasteiger partial charge in [0.25, 0.3) is 0 Å². The van der Waals surface area contributed by atoms with Gasteiger partial charge in [0.2, 0.25) is 0 Å². The number of carbonyl (C=O) groups is 1. The normalized spacial score (nSPS) is 24.5. The van der Waals surface area contributed by atoms with Crippen molar-refractivity contribution in [2.45, 2.75) is 44.8 Å². The molecule has 1 spiro atoms. The van der Waals surface area contributed by atoms with Crippen molar-refractivity contribution in [1.29, 1.82) is 0 Å². The van der Waals surface area contributed by atoms with Crippen molar-refractivity contribution in [3.63, 3.8) is 0 Å². The Morgan fingerprint density at radius 3 is 3.00 bits per heavy atom. The second-order valence-corrected chi connectivity index (χ2v) is 6.99. The fraction of sp³-hybridized carbons (Fsp3) is 0.474. The van der Waals surface area contributed by atoms with Crippen molar-refractivity contribution < 1.29 is 9.53 Å². The number of hydrogen-bond donors (Lipinski definition) is 1. The number of aromatic amines is 1. The minimum atomic E-state index is -0.333. The van der Waals surface area contributed by atoms with Gasteiger partial charge in [0, 0.05) is 25.2 Å². The first-order valence-electron chi connectivity index (χ1n) is 8.68. The molecule has 3 heterocycles. The minimum Gasteiger partial charge on any atom is -0.486 e. The highest BCUT2D eigenvalue weighted by Gasteiger charge is 2.41. The van der Waals surface area contributed by atoms with Crippen LogP contribution in [0.25, 0.3) is 0 Å². The topological polar surface area (TPSA) is 58.2 Å². The SMILES string of the molecule is Cc1[nH]cnc1CN1CCCC2(CC1)CC(=O)c1ccccc1O2. The summed E-state index contributed by atoms with van der Waals surface area (Å²) in [5.41, 5.74) is 2.64. The molecule has 126 valence electrons. The van der Waals surface area contributed by atoms with E-state index < -0.39 is 0 Å². The molecule has 1 fully saturated rings. The largest absolute Gasteiger partial charge is 0.486 e. The van der Waals surface area contributed by atoms with Gasteiger partial charge in [-0.25, -0.2) is 4.98 Å². The summed E-state index contributed by atoms with van der Waals surface area (Å²) in [6, 6.07) is 7.63. The lowest BCUT2D eigenvalue weighted by Gasteiger charge is -2.37. The van der Waals surface area contributed by atoms with E-state index in [9.17, 15) is 4.79 Å². The zero-order chi connectivity index (χ0) is 16.6. The number of para-hydroxylation sites is 1. The highest BCUT2D eigenvalue weighted by atomic mass is 16.5. The molecule has 0 saturated carbocycles. The molecule has 2 aliphatic heterocycles. The van der Waals surface area contributed by atoms with Gasteiger partial charge in [-0.2, -0.15) is 0 Å². The number of hydrogen-bond acceptors (Lipinski definition) is 4. The second-order valence-electron chi connectivity index (χ2n) is 6.99. The van der Waals surface area contributed by atoms with Gasteiger partial charge < -0.3 is 9.72 Å². The molecular weight excluding hydrogens is 302 g/mol. The average molecular weight is 325 g/mol. The standard InChI is InChI=1S/C19H23N3O2/c1-14-16(21-13-20-14)12-22-9-4-7-19(8-10-22)11-17(23)15-5-2-3-6-18(15)24-19/h2-3,5-6,13H,4,7-12H2,1H3,(H,20,21). The monoisotopic (exact) mass is 325 g/mol. The van der Waals surface area contributed by atoms with Crippen LogP contribution in [0.15, 0.2) is 30.6 Å². The van der Waals surface area contributed by atoms with E-state index >= 15 is 0 Å². The van der Waals surface area contributed by atoms with E-state index in [2.05, 4.69) is 21.8 Å². The van der Waals surface area contributed by atoms with Gasteiger partial charge in [-0.1, -0.05) is 12.1 Å². The lowest BCUT2D eigenvalue weighted by molar-refractivity contribution is 0.0298. The Morgan fingerprint density at radius 1 is 1.29 bits per heavy atom. The molecule has 1 aromatic carbocycles. The number of ketones is 1. The molecule has 5 heteroatoms. The maximum Gasteiger partial charge on any atom is 0.170 e. The van der Waals surface area contributed by atoms with E-state index in [4.69, 9.17) is 4.74 Å². The zero-order valence-electron chi connectivity index (χ0n) is 14.0. The second kappa shape index (κ2) is 6.06. The number of nitrogens with one attached hydrogen (secondary N) is 1. The number of imidazole rings is 1. The molecule has 2 aliphatic rings. The molecule has 0 radical (unpaired) electrons. The lowest BCUT2D eigenvalue weighted by atomic mass is 9.84. The molecule has 1 saturated heterocycles. The molecule has 1 N–H and O–H groups in total. The maximum absolute atomic E-state index is 12.5. The number of H-pyrrole nitrogens is 1. The first-order valence-corrected chi connectivity index (χ1v) is 8.68. The quantitative estimate of drug-likeness (QED) is 0.922. The molecule has 2 aromatic rings. The highest BCUT2D eigenvalue weighted by molar-refractivity contribution is 6.00. The van der Waals surface area contributed by atoms with E-state index in [1.54, 1.807) is 6.33 Å². The molecule has 5 nitrogen and oxygen atoms in total. The highest BCUT2D eigenvalue weighted by Crippen LogP contribution is 2.39.